The van der Waals surface area contributed by atoms with Gasteiger partial charge >= 0.3 is 0 Å². The zero-order valence-corrected chi connectivity index (χ0v) is 7.71. The molecule has 0 aliphatic rings. The maximum Gasteiger partial charge on any atom is 0.0656 e. The number of methoxy groups -OCH3 is 1. The monoisotopic (exact) mass is 185 g/mol. The highest BCUT2D eigenvalue weighted by Gasteiger charge is 2.07. The lowest BCUT2D eigenvalue weighted by Gasteiger charge is -2.11. The Balaban J connectivity index is 2.79. The van der Waals surface area contributed by atoms with E-state index in [0.29, 0.717) is 11.6 Å². The molecule has 1 aromatic carbocycles. The molecule has 0 heterocycles. The van der Waals surface area contributed by atoms with E-state index in [1.165, 1.54) is 0 Å². The van der Waals surface area contributed by atoms with Crippen molar-refractivity contribution in [2.24, 2.45) is 5.73 Å². The largest absolute Gasteiger partial charge is 0.383 e. The number of rotatable bonds is 3. The zero-order chi connectivity index (χ0) is 8.97. The minimum Gasteiger partial charge on any atom is -0.383 e. The molecule has 0 saturated heterocycles. The third kappa shape index (κ3) is 2.21. The Labute approximate surface area is 77.3 Å². The van der Waals surface area contributed by atoms with Gasteiger partial charge < -0.3 is 10.5 Å². The standard InChI is InChI=1S/C9H12ClNO/c1-12-6-9(11)7-4-2-3-5-8(7)10/h2-5,9H,6,11H2,1H3/t9-/m0/s1. The van der Waals surface area contributed by atoms with Gasteiger partial charge in [-0.2, -0.15) is 0 Å². The van der Waals surface area contributed by atoms with E-state index < -0.39 is 0 Å². The minimum absolute atomic E-state index is 0.135. The Bertz CT molecular complexity index is 252. The van der Waals surface area contributed by atoms with E-state index >= 15 is 0 Å². The number of hydrogen-bond acceptors (Lipinski definition) is 2. The fourth-order valence-corrected chi connectivity index (χ4v) is 1.32. The van der Waals surface area contributed by atoms with E-state index in [1.54, 1.807) is 7.11 Å². The van der Waals surface area contributed by atoms with Crippen LogP contribution in [0.5, 0.6) is 0 Å². The summed E-state index contributed by atoms with van der Waals surface area (Å²) >= 11 is 5.92. The van der Waals surface area contributed by atoms with Crippen molar-refractivity contribution in [2.75, 3.05) is 13.7 Å². The summed E-state index contributed by atoms with van der Waals surface area (Å²) in [6, 6.07) is 7.39. The molecule has 66 valence electrons. The predicted molar refractivity (Wildman–Crippen MR) is 50.3 cm³/mol. The molecule has 0 bridgehead atoms. The topological polar surface area (TPSA) is 35.2 Å². The smallest absolute Gasteiger partial charge is 0.0656 e. The zero-order valence-electron chi connectivity index (χ0n) is 6.96. The lowest BCUT2D eigenvalue weighted by atomic mass is 10.1. The van der Waals surface area contributed by atoms with Crippen molar-refractivity contribution in [1.29, 1.82) is 0 Å². The highest BCUT2D eigenvalue weighted by atomic mass is 35.5. The van der Waals surface area contributed by atoms with Crippen LogP contribution in [-0.2, 0) is 4.74 Å². The summed E-state index contributed by atoms with van der Waals surface area (Å²) in [5.41, 5.74) is 6.73. The maximum absolute atomic E-state index is 5.92. The van der Waals surface area contributed by atoms with Gasteiger partial charge in [0.05, 0.1) is 12.6 Å². The van der Waals surface area contributed by atoms with Crippen molar-refractivity contribution in [2.45, 2.75) is 6.04 Å². The van der Waals surface area contributed by atoms with Crippen LogP contribution in [-0.4, -0.2) is 13.7 Å². The third-order valence-electron chi connectivity index (χ3n) is 1.65. The first-order chi connectivity index (χ1) is 5.75. The van der Waals surface area contributed by atoms with Crippen LogP contribution in [0.25, 0.3) is 0 Å². The van der Waals surface area contributed by atoms with Crippen molar-refractivity contribution in [1.82, 2.24) is 0 Å². The maximum atomic E-state index is 5.92. The average molecular weight is 186 g/mol. The number of benzene rings is 1. The molecule has 0 amide bonds. The second-order valence-electron chi connectivity index (χ2n) is 2.58. The molecule has 0 radical (unpaired) electrons. The van der Waals surface area contributed by atoms with E-state index in [0.717, 1.165) is 5.56 Å². The fourth-order valence-electron chi connectivity index (χ4n) is 1.05. The van der Waals surface area contributed by atoms with Crippen molar-refractivity contribution >= 4 is 11.6 Å². The van der Waals surface area contributed by atoms with Gasteiger partial charge in [0.15, 0.2) is 0 Å². The molecule has 12 heavy (non-hydrogen) atoms. The Morgan fingerprint density at radius 2 is 2.17 bits per heavy atom. The normalized spacial score (nSPS) is 12.9. The second-order valence-corrected chi connectivity index (χ2v) is 2.99. The molecule has 0 unspecified atom stereocenters. The molecule has 0 spiro atoms. The highest BCUT2D eigenvalue weighted by molar-refractivity contribution is 6.31. The van der Waals surface area contributed by atoms with E-state index in [4.69, 9.17) is 22.1 Å². The number of halogens is 1. The van der Waals surface area contributed by atoms with E-state index in [1.807, 2.05) is 24.3 Å². The van der Waals surface area contributed by atoms with E-state index in [-0.39, 0.29) is 6.04 Å². The van der Waals surface area contributed by atoms with Gasteiger partial charge in [0.2, 0.25) is 0 Å². The minimum atomic E-state index is -0.135. The van der Waals surface area contributed by atoms with Crippen molar-refractivity contribution < 1.29 is 4.74 Å². The van der Waals surface area contributed by atoms with Crippen molar-refractivity contribution in [3.63, 3.8) is 0 Å². The Morgan fingerprint density at radius 3 is 2.75 bits per heavy atom. The SMILES string of the molecule is COC[C@H](N)c1ccccc1Cl. The first kappa shape index (κ1) is 9.52. The number of ether oxygens (including phenoxy) is 1. The van der Waals surface area contributed by atoms with Crippen LogP contribution in [0, 0.1) is 0 Å². The average Bonchev–Trinajstić information content (AvgIpc) is 2.05. The van der Waals surface area contributed by atoms with Crippen LogP contribution in [0.4, 0.5) is 0 Å². The van der Waals surface area contributed by atoms with Crippen molar-refractivity contribution in [3.05, 3.63) is 34.9 Å². The van der Waals surface area contributed by atoms with Crippen LogP contribution in [0.15, 0.2) is 24.3 Å². The van der Waals surface area contributed by atoms with Crippen molar-refractivity contribution in [3.8, 4) is 0 Å². The molecule has 1 aromatic rings. The summed E-state index contributed by atoms with van der Waals surface area (Å²) in [4.78, 5) is 0. The van der Waals surface area contributed by atoms with E-state index in [2.05, 4.69) is 0 Å². The van der Waals surface area contributed by atoms with Gasteiger partial charge in [-0.1, -0.05) is 29.8 Å². The Morgan fingerprint density at radius 1 is 1.50 bits per heavy atom. The first-order valence-corrected chi connectivity index (χ1v) is 4.12. The molecule has 1 rings (SSSR count). The van der Waals surface area contributed by atoms with Crippen LogP contribution < -0.4 is 5.73 Å². The second kappa shape index (κ2) is 4.45. The summed E-state index contributed by atoms with van der Waals surface area (Å²) in [6.07, 6.45) is 0. The molecule has 0 aromatic heterocycles. The molecule has 0 saturated carbocycles. The van der Waals surface area contributed by atoms with E-state index in [9.17, 15) is 0 Å². The molecule has 2 N–H and O–H groups in total. The molecule has 0 aliphatic carbocycles. The van der Waals surface area contributed by atoms with Gasteiger partial charge in [0, 0.05) is 12.1 Å². The summed E-state index contributed by atoms with van der Waals surface area (Å²) in [6.45, 7) is 0.490. The number of hydrogen-bond donors (Lipinski definition) is 1. The predicted octanol–water partition coefficient (Wildman–Crippen LogP) is 1.99. The van der Waals surface area contributed by atoms with Gasteiger partial charge in [-0.15, -0.1) is 0 Å². The quantitative estimate of drug-likeness (QED) is 0.782. The lowest BCUT2D eigenvalue weighted by Crippen LogP contribution is -2.16. The number of nitrogens with two attached hydrogens (primary N) is 1. The Kier molecular flexibility index (Phi) is 3.53. The highest BCUT2D eigenvalue weighted by Crippen LogP contribution is 2.20. The van der Waals surface area contributed by atoms with Crippen LogP contribution in [0.1, 0.15) is 11.6 Å². The van der Waals surface area contributed by atoms with Gasteiger partial charge in [-0.3, -0.25) is 0 Å². The van der Waals surface area contributed by atoms with Crippen LogP contribution in [0.3, 0.4) is 0 Å². The molecular formula is C9H12ClNO. The molecule has 0 fully saturated rings. The molecule has 1 atom stereocenters. The molecular weight excluding hydrogens is 174 g/mol. The molecule has 2 nitrogen and oxygen atoms in total. The van der Waals surface area contributed by atoms with Gasteiger partial charge in [0.1, 0.15) is 0 Å². The summed E-state index contributed by atoms with van der Waals surface area (Å²) in [5.74, 6) is 0. The summed E-state index contributed by atoms with van der Waals surface area (Å²) < 4.78 is 4.93. The molecule has 3 heteroatoms. The van der Waals surface area contributed by atoms with Gasteiger partial charge in [0.25, 0.3) is 0 Å². The molecule has 0 aliphatic heterocycles. The van der Waals surface area contributed by atoms with Gasteiger partial charge in [-0.05, 0) is 11.6 Å². The fraction of sp³-hybridized carbons (Fsp3) is 0.333. The summed E-state index contributed by atoms with van der Waals surface area (Å²) in [5, 5.41) is 0.696. The Hall–Kier alpha value is -0.570. The first-order valence-electron chi connectivity index (χ1n) is 3.74. The summed E-state index contributed by atoms with van der Waals surface area (Å²) in [7, 11) is 1.62. The van der Waals surface area contributed by atoms with Crippen LogP contribution >= 0.6 is 11.6 Å². The lowest BCUT2D eigenvalue weighted by molar-refractivity contribution is 0.181. The third-order valence-corrected chi connectivity index (χ3v) is 2.00. The van der Waals surface area contributed by atoms with Crippen LogP contribution in [0.2, 0.25) is 5.02 Å². The van der Waals surface area contributed by atoms with Gasteiger partial charge in [-0.25, -0.2) is 0 Å².